The largest absolute Gasteiger partial charge is 0.486 e. The van der Waals surface area contributed by atoms with E-state index in [9.17, 15) is 19.7 Å². The maximum atomic E-state index is 13.6. The zero-order valence-electron chi connectivity index (χ0n) is 24.7. The molecule has 3 heterocycles. The van der Waals surface area contributed by atoms with E-state index in [4.69, 9.17) is 9.47 Å². The molecule has 4 aromatic rings. The lowest BCUT2D eigenvalue weighted by molar-refractivity contribution is -0.396. The standard InChI is InChI=1S/C29H35N7O6/c1-18-13-21(41-17-20-15-31-26(32(20)5)36(39)40)11-12-22(18)35(28(38)42-29(2,3)4)25-14-23-24(16-30-25)33(6)27(37)34(23)19-9-7-8-10-19/h11-16,19H,7-10,17H2,1-6H3. The highest BCUT2D eigenvalue weighted by molar-refractivity contribution is 5.97. The third kappa shape index (κ3) is 5.46. The van der Waals surface area contributed by atoms with Gasteiger partial charge in [-0.1, -0.05) is 17.8 Å². The highest BCUT2D eigenvalue weighted by Crippen LogP contribution is 2.35. The van der Waals surface area contributed by atoms with Crippen LogP contribution >= 0.6 is 0 Å². The Hall–Kier alpha value is -4.68. The number of fused-ring (bicyclic) bond motifs is 1. The zero-order chi connectivity index (χ0) is 30.3. The van der Waals surface area contributed by atoms with E-state index >= 15 is 0 Å². The summed E-state index contributed by atoms with van der Waals surface area (Å²) in [4.78, 5) is 47.2. The van der Waals surface area contributed by atoms with E-state index in [1.165, 1.54) is 15.7 Å². The van der Waals surface area contributed by atoms with Gasteiger partial charge in [0.2, 0.25) is 0 Å². The predicted octanol–water partition coefficient (Wildman–Crippen LogP) is 5.45. The average Bonchev–Trinajstić information content (AvgIpc) is 3.62. The van der Waals surface area contributed by atoms with Crippen molar-refractivity contribution in [1.82, 2.24) is 23.7 Å². The van der Waals surface area contributed by atoms with Crippen LogP contribution in [0.3, 0.4) is 0 Å². The highest BCUT2D eigenvalue weighted by atomic mass is 16.6. The molecule has 13 heteroatoms. The summed E-state index contributed by atoms with van der Waals surface area (Å²) in [7, 11) is 3.29. The molecule has 1 fully saturated rings. The number of hydrogen-bond acceptors (Lipinski definition) is 8. The number of rotatable bonds is 7. The normalized spacial score (nSPS) is 14.0. The number of amides is 1. The van der Waals surface area contributed by atoms with E-state index < -0.39 is 16.6 Å². The first-order valence-electron chi connectivity index (χ1n) is 13.8. The zero-order valence-corrected chi connectivity index (χ0v) is 24.7. The van der Waals surface area contributed by atoms with Crippen LogP contribution in [0.5, 0.6) is 5.75 Å². The van der Waals surface area contributed by atoms with E-state index in [1.54, 1.807) is 69.9 Å². The van der Waals surface area contributed by atoms with Crippen LogP contribution in [0.15, 0.2) is 41.5 Å². The molecule has 1 saturated carbocycles. The molecule has 0 radical (unpaired) electrons. The van der Waals surface area contributed by atoms with Crippen molar-refractivity contribution in [3.63, 3.8) is 0 Å². The number of imidazole rings is 2. The van der Waals surface area contributed by atoms with Gasteiger partial charge in [0, 0.05) is 19.2 Å². The van der Waals surface area contributed by atoms with Crippen molar-refractivity contribution in [3.8, 4) is 5.75 Å². The Bertz CT molecular complexity index is 1720. The summed E-state index contributed by atoms with van der Waals surface area (Å²) in [6.45, 7) is 7.28. The first kappa shape index (κ1) is 28.8. The summed E-state index contributed by atoms with van der Waals surface area (Å²) >= 11 is 0. The molecule has 0 spiro atoms. The number of carbonyl (C=O) groups is 1. The summed E-state index contributed by atoms with van der Waals surface area (Å²) in [5.41, 5.74) is 2.32. The van der Waals surface area contributed by atoms with Gasteiger partial charge in [-0.2, -0.15) is 0 Å². The SMILES string of the molecule is Cc1cc(OCc2cnc([N+](=O)[O-])n2C)ccc1N(C(=O)OC(C)(C)C)c1cc2c(cn1)n(C)c(=O)n2C1CCCC1. The van der Waals surface area contributed by atoms with Gasteiger partial charge in [0.25, 0.3) is 0 Å². The van der Waals surface area contributed by atoms with Crippen molar-refractivity contribution in [3.05, 3.63) is 68.5 Å². The van der Waals surface area contributed by atoms with Crippen LogP contribution in [0.25, 0.3) is 11.0 Å². The second-order valence-electron chi connectivity index (χ2n) is 11.6. The van der Waals surface area contributed by atoms with Crippen molar-refractivity contribution in [2.45, 2.75) is 71.6 Å². The Kier molecular flexibility index (Phi) is 7.52. The molecule has 0 bridgehead atoms. The minimum Gasteiger partial charge on any atom is -0.486 e. The molecular formula is C29H35N7O6. The Morgan fingerprint density at radius 1 is 1.10 bits per heavy atom. The maximum absolute atomic E-state index is 13.6. The summed E-state index contributed by atoms with van der Waals surface area (Å²) in [5, 5.41) is 11.1. The van der Waals surface area contributed by atoms with Gasteiger partial charge in [-0.3, -0.25) is 9.13 Å². The maximum Gasteiger partial charge on any atom is 0.434 e. The van der Waals surface area contributed by atoms with Gasteiger partial charge in [-0.05, 0) is 69.2 Å². The molecule has 0 atom stereocenters. The number of benzene rings is 1. The Labute approximate surface area is 242 Å². The second kappa shape index (κ2) is 11.0. The van der Waals surface area contributed by atoms with Crippen LogP contribution in [0.4, 0.5) is 22.2 Å². The fourth-order valence-corrected chi connectivity index (χ4v) is 5.37. The van der Waals surface area contributed by atoms with E-state index in [2.05, 4.69) is 9.97 Å². The molecule has 0 N–H and O–H groups in total. The second-order valence-corrected chi connectivity index (χ2v) is 11.6. The van der Waals surface area contributed by atoms with Gasteiger partial charge in [-0.25, -0.2) is 24.0 Å². The minimum atomic E-state index is -0.763. The topological polar surface area (TPSA) is 140 Å². The fourth-order valence-electron chi connectivity index (χ4n) is 5.37. The number of aryl methyl sites for hydroxylation is 2. The van der Waals surface area contributed by atoms with Crippen LogP contribution in [-0.2, 0) is 25.4 Å². The van der Waals surface area contributed by atoms with Gasteiger partial charge in [0.05, 0.1) is 30.0 Å². The smallest absolute Gasteiger partial charge is 0.434 e. The number of pyridine rings is 1. The van der Waals surface area contributed by atoms with Gasteiger partial charge < -0.3 is 19.6 Å². The number of hydrogen-bond donors (Lipinski definition) is 0. The molecule has 42 heavy (non-hydrogen) atoms. The van der Waals surface area contributed by atoms with Crippen LogP contribution in [0, 0.1) is 17.0 Å². The monoisotopic (exact) mass is 577 g/mol. The van der Waals surface area contributed by atoms with E-state index in [0.29, 0.717) is 34.0 Å². The number of nitrogens with zero attached hydrogens (tertiary/aromatic N) is 7. The van der Waals surface area contributed by atoms with E-state index in [-0.39, 0.29) is 24.3 Å². The van der Waals surface area contributed by atoms with Crippen LogP contribution in [-0.4, -0.2) is 40.3 Å². The Morgan fingerprint density at radius 2 is 1.81 bits per heavy atom. The quantitative estimate of drug-likeness (QED) is 0.209. The highest BCUT2D eigenvalue weighted by Gasteiger charge is 2.29. The van der Waals surface area contributed by atoms with E-state index in [0.717, 1.165) is 31.2 Å². The van der Waals surface area contributed by atoms with Crippen molar-refractivity contribution >= 4 is 34.6 Å². The molecule has 0 saturated heterocycles. The molecule has 222 valence electrons. The van der Waals surface area contributed by atoms with Crippen LogP contribution in [0.2, 0.25) is 0 Å². The number of carbonyl (C=O) groups excluding carboxylic acids is 1. The summed E-state index contributed by atoms with van der Waals surface area (Å²) < 4.78 is 16.5. The average molecular weight is 578 g/mol. The number of ether oxygens (including phenoxy) is 2. The van der Waals surface area contributed by atoms with Crippen LogP contribution < -0.4 is 15.3 Å². The number of nitro groups is 1. The lowest BCUT2D eigenvalue weighted by Crippen LogP contribution is -2.34. The van der Waals surface area contributed by atoms with Gasteiger partial charge >= 0.3 is 17.7 Å². The summed E-state index contributed by atoms with van der Waals surface area (Å²) in [5.74, 6) is 0.563. The molecule has 1 aliphatic rings. The third-order valence-electron chi connectivity index (χ3n) is 7.48. The van der Waals surface area contributed by atoms with Crippen molar-refractivity contribution in [1.29, 1.82) is 0 Å². The number of anilines is 2. The van der Waals surface area contributed by atoms with Crippen LogP contribution in [0.1, 0.15) is 63.8 Å². The Morgan fingerprint density at radius 3 is 2.43 bits per heavy atom. The third-order valence-corrected chi connectivity index (χ3v) is 7.48. The lowest BCUT2D eigenvalue weighted by atomic mass is 10.1. The van der Waals surface area contributed by atoms with E-state index in [1.807, 2.05) is 11.5 Å². The molecule has 1 amide bonds. The minimum absolute atomic E-state index is 0.0663. The summed E-state index contributed by atoms with van der Waals surface area (Å²) in [6, 6.07) is 7.09. The summed E-state index contributed by atoms with van der Waals surface area (Å²) in [6.07, 6.45) is 6.41. The first-order valence-corrected chi connectivity index (χ1v) is 13.8. The Balaban J connectivity index is 1.52. The molecule has 3 aromatic heterocycles. The molecule has 5 rings (SSSR count). The molecule has 13 nitrogen and oxygen atoms in total. The van der Waals surface area contributed by atoms with Crippen molar-refractivity contribution < 1.29 is 19.2 Å². The van der Waals surface area contributed by atoms with Gasteiger partial charge in [0.15, 0.2) is 5.69 Å². The van der Waals surface area contributed by atoms with Crippen molar-refractivity contribution in [2.24, 2.45) is 14.1 Å². The van der Waals surface area contributed by atoms with Gasteiger partial charge in [-0.15, -0.1) is 0 Å². The van der Waals surface area contributed by atoms with Crippen molar-refractivity contribution in [2.75, 3.05) is 4.90 Å². The first-order chi connectivity index (χ1) is 19.9. The molecule has 1 aromatic carbocycles. The molecule has 1 aliphatic carbocycles. The predicted molar refractivity (Wildman–Crippen MR) is 156 cm³/mol. The fraction of sp³-hybridized carbons (Fsp3) is 0.448. The van der Waals surface area contributed by atoms with Gasteiger partial charge in [0.1, 0.15) is 30.0 Å². The molecule has 0 unspecified atom stereocenters. The number of aromatic nitrogens is 5. The lowest BCUT2D eigenvalue weighted by Gasteiger charge is -2.28. The molecular weight excluding hydrogens is 542 g/mol. The molecule has 0 aliphatic heterocycles.